The monoisotopic (exact) mass is 551 g/mol. The maximum absolute atomic E-state index is 13.3. The predicted octanol–water partition coefficient (Wildman–Crippen LogP) is 5.68. The Hall–Kier alpha value is -2.04. The van der Waals surface area contributed by atoms with Crippen LogP contribution in [0.4, 0.5) is 9.93 Å². The van der Waals surface area contributed by atoms with Crippen molar-refractivity contribution in [2.75, 3.05) is 23.4 Å². The van der Waals surface area contributed by atoms with Crippen LogP contribution >= 0.6 is 23.1 Å². The largest absolute Gasteiger partial charge is 0.481 e. The molecule has 0 saturated heterocycles. The van der Waals surface area contributed by atoms with Crippen molar-refractivity contribution in [1.29, 1.82) is 0 Å². The van der Waals surface area contributed by atoms with Crippen molar-refractivity contribution in [3.8, 4) is 0 Å². The number of thiazole rings is 1. The third kappa shape index (κ3) is 7.98. The fourth-order valence-electron chi connectivity index (χ4n) is 4.30. The molecule has 1 unspecified atom stereocenters. The van der Waals surface area contributed by atoms with Gasteiger partial charge in [-0.15, -0.1) is 0 Å². The van der Waals surface area contributed by atoms with Crippen LogP contribution in [0.3, 0.4) is 0 Å². The Kier molecular flexibility index (Phi) is 9.88. The first-order valence-electron chi connectivity index (χ1n) is 12.2. The first-order chi connectivity index (χ1) is 17.0. The van der Waals surface area contributed by atoms with E-state index < -0.39 is 20.9 Å². The number of aromatic nitrogens is 1. The molecule has 2 aromatic rings. The summed E-state index contributed by atoms with van der Waals surface area (Å²) in [7, 11) is -2.86. The second-order valence-corrected chi connectivity index (χ2v) is 15.0. The number of nitrogens with zero attached hydrogens (tertiary/aromatic N) is 2. The number of thioether (sulfide) groups is 1. The minimum absolute atomic E-state index is 0.101. The molecule has 2 amide bonds. The van der Waals surface area contributed by atoms with E-state index in [2.05, 4.69) is 35.2 Å². The highest BCUT2D eigenvalue weighted by atomic mass is 32.2. The molecule has 1 aliphatic carbocycles. The molecule has 0 bridgehead atoms. The van der Waals surface area contributed by atoms with E-state index in [9.17, 15) is 18.9 Å². The SMILES string of the molecule is C=S(=O)(CC(C)(C)C(=O)O)c1cnc(NC(=O)N(CCSCc2ccccc2)[C@H]2CC[C@H](C)CC2)s1. The Bertz CT molecular complexity index is 1120. The summed E-state index contributed by atoms with van der Waals surface area (Å²) in [6, 6.07) is 10.3. The van der Waals surface area contributed by atoms with Crippen molar-refractivity contribution in [2.24, 2.45) is 11.3 Å². The zero-order valence-corrected chi connectivity index (χ0v) is 23.7. The van der Waals surface area contributed by atoms with Crippen LogP contribution in [0.5, 0.6) is 0 Å². The average Bonchev–Trinajstić information content (AvgIpc) is 3.29. The lowest BCUT2D eigenvalue weighted by molar-refractivity contribution is -0.145. The second-order valence-electron chi connectivity index (χ2n) is 10.2. The summed E-state index contributed by atoms with van der Waals surface area (Å²) >= 11 is 2.91. The first kappa shape index (κ1) is 28.5. The number of hydrogen-bond donors (Lipinski definition) is 2. The molecule has 198 valence electrons. The molecule has 1 aliphatic rings. The Morgan fingerprint density at radius 3 is 2.56 bits per heavy atom. The van der Waals surface area contributed by atoms with Gasteiger partial charge < -0.3 is 10.0 Å². The van der Waals surface area contributed by atoms with Crippen LogP contribution in [-0.4, -0.2) is 61.2 Å². The molecular formula is C26H37N3O4S3. The van der Waals surface area contributed by atoms with Gasteiger partial charge in [0.25, 0.3) is 0 Å². The molecule has 2 N–H and O–H groups in total. The number of carboxylic acids is 1. The van der Waals surface area contributed by atoms with Gasteiger partial charge >= 0.3 is 12.0 Å². The Labute approximate surface area is 223 Å². The number of hydrogen-bond acceptors (Lipinski definition) is 6. The van der Waals surface area contributed by atoms with E-state index in [4.69, 9.17) is 0 Å². The minimum atomic E-state index is -2.86. The van der Waals surface area contributed by atoms with Gasteiger partial charge in [0.1, 0.15) is 4.21 Å². The van der Waals surface area contributed by atoms with Crippen LogP contribution in [0.25, 0.3) is 0 Å². The van der Waals surface area contributed by atoms with E-state index in [1.54, 1.807) is 0 Å². The van der Waals surface area contributed by atoms with E-state index in [0.29, 0.717) is 21.8 Å². The van der Waals surface area contributed by atoms with Crippen LogP contribution in [-0.2, 0) is 20.1 Å². The van der Waals surface area contributed by atoms with Crippen molar-refractivity contribution in [1.82, 2.24) is 9.88 Å². The lowest BCUT2D eigenvalue weighted by Gasteiger charge is -2.36. The third-order valence-corrected chi connectivity index (χ3v) is 11.4. The van der Waals surface area contributed by atoms with Crippen molar-refractivity contribution in [2.45, 2.75) is 62.5 Å². The van der Waals surface area contributed by atoms with E-state index >= 15 is 0 Å². The van der Waals surface area contributed by atoms with Gasteiger partial charge in [-0.3, -0.25) is 14.3 Å². The van der Waals surface area contributed by atoms with Gasteiger partial charge in [-0.25, -0.2) is 9.78 Å². The van der Waals surface area contributed by atoms with E-state index in [0.717, 1.165) is 48.5 Å². The zero-order valence-electron chi connectivity index (χ0n) is 21.3. The highest BCUT2D eigenvalue weighted by Gasteiger charge is 2.32. The number of benzene rings is 1. The number of nitrogens with one attached hydrogen (secondary N) is 1. The summed E-state index contributed by atoms with van der Waals surface area (Å²) in [6.45, 7) is 5.96. The Morgan fingerprint density at radius 1 is 1.25 bits per heavy atom. The summed E-state index contributed by atoms with van der Waals surface area (Å²) in [4.78, 5) is 31.0. The molecule has 1 aromatic heterocycles. The lowest BCUT2D eigenvalue weighted by Crippen LogP contribution is -2.45. The number of aliphatic carboxylic acids is 1. The smallest absolute Gasteiger partial charge is 0.323 e. The molecule has 1 fully saturated rings. The summed E-state index contributed by atoms with van der Waals surface area (Å²) in [5.41, 5.74) is 0.0848. The fraction of sp³-hybridized carbons (Fsp3) is 0.538. The molecule has 3 rings (SSSR count). The number of amides is 2. The van der Waals surface area contributed by atoms with Crippen molar-refractivity contribution < 1.29 is 18.9 Å². The quantitative estimate of drug-likeness (QED) is 0.276. The molecule has 1 atom stereocenters. The standard InChI is InChI=1S/C26H37N3O4S3/c1-19-10-12-21(13-11-19)29(14-15-34-17-20-8-6-5-7-9-20)25(32)28-24-27-16-22(35-24)36(4,33)18-26(2,3)23(30)31/h5-9,16,19,21H,4,10-15,17-18H2,1-3H3,(H,30,31)(H,27,28,32)/t19-,21-,36?. The predicted molar refractivity (Wildman–Crippen MR) is 152 cm³/mol. The van der Waals surface area contributed by atoms with Gasteiger partial charge in [0.15, 0.2) is 5.13 Å². The van der Waals surface area contributed by atoms with E-state index in [1.165, 1.54) is 25.6 Å². The van der Waals surface area contributed by atoms with Gasteiger partial charge in [-0.05, 0) is 56.9 Å². The van der Waals surface area contributed by atoms with Gasteiger partial charge in [0, 0.05) is 39.4 Å². The molecule has 0 radical (unpaired) electrons. The van der Waals surface area contributed by atoms with Gasteiger partial charge in [-0.2, -0.15) is 11.8 Å². The minimum Gasteiger partial charge on any atom is -0.481 e. The molecule has 1 saturated carbocycles. The summed E-state index contributed by atoms with van der Waals surface area (Å²) in [6.07, 6.45) is 5.62. The van der Waals surface area contributed by atoms with E-state index in [-0.39, 0.29) is 17.8 Å². The van der Waals surface area contributed by atoms with Crippen LogP contribution in [0.15, 0.2) is 40.7 Å². The number of urea groups is 1. The second kappa shape index (κ2) is 12.5. The molecule has 36 heavy (non-hydrogen) atoms. The first-order valence-corrected chi connectivity index (χ1v) is 16.1. The van der Waals surface area contributed by atoms with Crippen LogP contribution < -0.4 is 5.32 Å². The Morgan fingerprint density at radius 2 is 1.92 bits per heavy atom. The van der Waals surface area contributed by atoms with Crippen molar-refractivity contribution in [3.63, 3.8) is 0 Å². The summed E-state index contributed by atoms with van der Waals surface area (Å²) in [5, 5.41) is 12.7. The van der Waals surface area contributed by atoms with Crippen LogP contribution in [0.2, 0.25) is 0 Å². The Balaban J connectivity index is 1.65. The van der Waals surface area contributed by atoms with Gasteiger partial charge in [0.2, 0.25) is 0 Å². The molecular weight excluding hydrogens is 515 g/mol. The zero-order chi connectivity index (χ0) is 26.3. The van der Waals surface area contributed by atoms with Gasteiger partial charge in [0.05, 0.1) is 11.6 Å². The molecule has 0 spiro atoms. The highest BCUT2D eigenvalue weighted by Crippen LogP contribution is 2.31. The van der Waals surface area contributed by atoms with E-state index in [1.807, 2.05) is 34.9 Å². The molecule has 1 heterocycles. The van der Waals surface area contributed by atoms with Gasteiger partial charge in [-0.1, -0.05) is 48.6 Å². The lowest BCUT2D eigenvalue weighted by atomic mass is 9.86. The highest BCUT2D eigenvalue weighted by molar-refractivity contribution is 8.02. The summed E-state index contributed by atoms with van der Waals surface area (Å²) < 4.78 is 13.6. The maximum atomic E-state index is 13.3. The normalized spacial score (nSPS) is 19.9. The molecule has 0 aliphatic heterocycles. The average molecular weight is 552 g/mol. The number of carbonyl (C=O) groups is 2. The van der Waals surface area contributed by atoms with Crippen molar-refractivity contribution in [3.05, 3.63) is 42.1 Å². The van der Waals surface area contributed by atoms with Crippen molar-refractivity contribution >= 4 is 55.6 Å². The number of anilines is 1. The molecule has 7 nitrogen and oxygen atoms in total. The van der Waals surface area contributed by atoms with Crippen LogP contribution in [0.1, 0.15) is 52.0 Å². The fourth-order valence-corrected chi connectivity index (χ4v) is 8.43. The van der Waals surface area contributed by atoms with Crippen LogP contribution in [0, 0.1) is 11.3 Å². The summed E-state index contributed by atoms with van der Waals surface area (Å²) in [5.74, 6) is 5.08. The third-order valence-electron chi connectivity index (χ3n) is 6.51. The topological polar surface area (TPSA) is 99.6 Å². The molecule has 10 heteroatoms. The number of rotatable bonds is 11. The maximum Gasteiger partial charge on any atom is 0.323 e. The number of carbonyl (C=O) groups excluding carboxylic acids is 1. The molecule has 1 aromatic carbocycles. The number of carboxylic acid groups (broad SMARTS) is 1.